The van der Waals surface area contributed by atoms with Crippen molar-refractivity contribution in [2.75, 3.05) is 13.2 Å². The third-order valence-corrected chi connectivity index (χ3v) is 9.93. The van der Waals surface area contributed by atoms with Crippen LogP contribution >= 0.6 is 0 Å². The van der Waals surface area contributed by atoms with E-state index in [2.05, 4.69) is 13.8 Å². The van der Waals surface area contributed by atoms with Gasteiger partial charge in [-0.05, 0) is 62.7 Å². The Kier molecular flexibility index (Phi) is 3.29. The van der Waals surface area contributed by atoms with Crippen LogP contribution in [-0.4, -0.2) is 41.8 Å². The van der Waals surface area contributed by atoms with Gasteiger partial charge in [-0.25, -0.2) is 0 Å². The molecular weight excluding hydrogens is 356 g/mol. The second kappa shape index (κ2) is 5.04. The SMILES string of the molecule is CC1(C)O[C@@H]2[C@H]3CC[C@H]4[C@]56CCCC(C)(C)[C@H]5C[C@@](OC6)(O1)[C@@]24C(=O)[C@@H]3CO. The highest BCUT2D eigenvalue weighted by atomic mass is 16.8. The van der Waals surface area contributed by atoms with E-state index in [9.17, 15) is 9.90 Å². The number of rotatable bonds is 1. The number of hydrogen-bond acceptors (Lipinski definition) is 5. The van der Waals surface area contributed by atoms with E-state index in [-0.39, 0.29) is 47.1 Å². The van der Waals surface area contributed by atoms with Crippen molar-refractivity contribution < 1.29 is 24.1 Å². The molecule has 1 N–H and O–H groups in total. The number of ketones is 1. The van der Waals surface area contributed by atoms with Gasteiger partial charge in [-0.1, -0.05) is 20.3 Å². The standard InChI is InChI=1S/C23H34O5/c1-19(2)8-5-9-21-12-26-22(10-16(19)21)23-15(21)7-6-13(14(11-24)17(23)25)18(23)27-20(3,4)28-22/h13-16,18,24H,5-12H2,1-4H3/t13-,14+,15-,16+,18+,21+,22+,23-/m0/s1. The van der Waals surface area contributed by atoms with Gasteiger partial charge in [-0.3, -0.25) is 4.79 Å². The van der Waals surface area contributed by atoms with E-state index in [1.807, 2.05) is 13.8 Å². The van der Waals surface area contributed by atoms with Crippen LogP contribution in [0.1, 0.15) is 66.2 Å². The van der Waals surface area contributed by atoms with Crippen LogP contribution in [0, 0.1) is 39.9 Å². The van der Waals surface area contributed by atoms with Gasteiger partial charge in [0.25, 0.3) is 0 Å². The third-order valence-electron chi connectivity index (χ3n) is 9.93. The summed E-state index contributed by atoms with van der Waals surface area (Å²) in [4.78, 5) is 14.0. The fraction of sp³-hybridized carbons (Fsp3) is 0.957. The summed E-state index contributed by atoms with van der Waals surface area (Å²) in [6.07, 6.45) is 6.17. The lowest BCUT2D eigenvalue weighted by molar-refractivity contribution is -0.509. The zero-order chi connectivity index (χ0) is 19.7. The van der Waals surface area contributed by atoms with E-state index >= 15 is 0 Å². The Morgan fingerprint density at radius 1 is 1.11 bits per heavy atom. The average Bonchev–Trinajstić information content (AvgIpc) is 2.75. The van der Waals surface area contributed by atoms with Crippen molar-refractivity contribution in [2.24, 2.45) is 39.9 Å². The van der Waals surface area contributed by atoms with Gasteiger partial charge in [-0.15, -0.1) is 0 Å². The summed E-state index contributed by atoms with van der Waals surface area (Å²) in [6, 6.07) is 0. The van der Waals surface area contributed by atoms with Crippen molar-refractivity contribution in [3.05, 3.63) is 0 Å². The van der Waals surface area contributed by atoms with E-state index in [4.69, 9.17) is 14.2 Å². The summed E-state index contributed by atoms with van der Waals surface area (Å²) in [7, 11) is 0. The molecule has 0 unspecified atom stereocenters. The number of aliphatic hydroxyl groups excluding tert-OH is 1. The third kappa shape index (κ3) is 1.72. The molecule has 5 heteroatoms. The van der Waals surface area contributed by atoms with Gasteiger partial charge in [0.05, 0.1) is 19.3 Å². The zero-order valence-electron chi connectivity index (χ0n) is 17.6. The number of Topliss-reactive ketones (excluding diaryl/α,β-unsaturated/α-hetero) is 1. The fourth-order valence-corrected chi connectivity index (χ4v) is 9.23. The molecule has 3 aliphatic heterocycles. The largest absolute Gasteiger partial charge is 0.396 e. The van der Waals surface area contributed by atoms with Gasteiger partial charge >= 0.3 is 0 Å². The predicted molar refractivity (Wildman–Crippen MR) is 101 cm³/mol. The maximum Gasteiger partial charge on any atom is 0.187 e. The molecule has 0 amide bonds. The monoisotopic (exact) mass is 390 g/mol. The molecule has 0 aromatic carbocycles. The number of ether oxygens (including phenoxy) is 3. The van der Waals surface area contributed by atoms with Crippen LogP contribution in [0.3, 0.4) is 0 Å². The summed E-state index contributed by atoms with van der Waals surface area (Å²) >= 11 is 0. The molecule has 0 aromatic rings. The van der Waals surface area contributed by atoms with Gasteiger partial charge in [0.2, 0.25) is 0 Å². The Hall–Kier alpha value is -0.490. The second-order valence-electron chi connectivity index (χ2n) is 11.7. The Morgan fingerprint density at radius 3 is 2.64 bits per heavy atom. The van der Waals surface area contributed by atoms with Gasteiger partial charge < -0.3 is 19.3 Å². The highest BCUT2D eigenvalue weighted by Gasteiger charge is 2.86. The van der Waals surface area contributed by atoms with Crippen LogP contribution in [0.5, 0.6) is 0 Å². The normalized spacial score (nSPS) is 57.6. The minimum absolute atomic E-state index is 0.0426. The van der Waals surface area contributed by atoms with Crippen molar-refractivity contribution in [1.29, 1.82) is 0 Å². The lowest BCUT2D eigenvalue weighted by Gasteiger charge is -2.76. The van der Waals surface area contributed by atoms with Gasteiger partial charge in [0, 0.05) is 17.8 Å². The van der Waals surface area contributed by atoms with E-state index in [0.29, 0.717) is 12.5 Å². The van der Waals surface area contributed by atoms with Crippen molar-refractivity contribution in [3.8, 4) is 0 Å². The number of carbonyl (C=O) groups excluding carboxylic acids is 1. The molecule has 0 aromatic heterocycles. The van der Waals surface area contributed by atoms with Crippen molar-refractivity contribution >= 4 is 5.78 Å². The van der Waals surface area contributed by atoms with E-state index in [1.54, 1.807) is 0 Å². The maximum atomic E-state index is 14.0. The molecule has 4 aliphatic carbocycles. The number of hydrogen-bond donors (Lipinski definition) is 1. The lowest BCUT2D eigenvalue weighted by Crippen LogP contribution is -2.82. The summed E-state index contributed by atoms with van der Waals surface area (Å²) in [5.74, 6) is -1.01. The second-order valence-corrected chi connectivity index (χ2v) is 11.7. The Bertz CT molecular complexity index is 745. The van der Waals surface area contributed by atoms with E-state index in [1.165, 1.54) is 12.8 Å². The topological polar surface area (TPSA) is 65.0 Å². The molecule has 156 valence electrons. The minimum Gasteiger partial charge on any atom is -0.396 e. The Morgan fingerprint density at radius 2 is 1.89 bits per heavy atom. The molecular formula is C23H34O5. The summed E-state index contributed by atoms with van der Waals surface area (Å²) in [5, 5.41) is 10.1. The maximum absolute atomic E-state index is 14.0. The highest BCUT2D eigenvalue weighted by Crippen LogP contribution is 2.79. The first-order valence-electron chi connectivity index (χ1n) is 11.3. The number of fused-ring (bicyclic) bond motifs is 1. The molecule has 3 heterocycles. The molecule has 4 saturated carbocycles. The molecule has 3 saturated heterocycles. The molecule has 4 bridgehead atoms. The number of aliphatic hydroxyl groups is 1. The predicted octanol–water partition coefficient (Wildman–Crippen LogP) is 3.28. The first kappa shape index (κ1) is 18.3. The first-order chi connectivity index (χ1) is 13.1. The molecule has 7 rings (SSSR count). The van der Waals surface area contributed by atoms with Gasteiger partial charge in [0.15, 0.2) is 17.4 Å². The summed E-state index contributed by atoms with van der Waals surface area (Å²) in [5.41, 5.74) is -0.464. The molecule has 0 radical (unpaired) electrons. The van der Waals surface area contributed by atoms with Crippen molar-refractivity contribution in [3.63, 3.8) is 0 Å². The quantitative estimate of drug-likeness (QED) is 0.744. The van der Waals surface area contributed by atoms with Crippen LogP contribution in [-0.2, 0) is 19.0 Å². The van der Waals surface area contributed by atoms with Crippen LogP contribution in [0.4, 0.5) is 0 Å². The summed E-state index contributed by atoms with van der Waals surface area (Å²) in [6.45, 7) is 9.35. The molecule has 5 nitrogen and oxygen atoms in total. The molecule has 7 aliphatic rings. The van der Waals surface area contributed by atoms with Crippen molar-refractivity contribution in [2.45, 2.75) is 83.9 Å². The molecule has 7 fully saturated rings. The van der Waals surface area contributed by atoms with Crippen LogP contribution in [0.25, 0.3) is 0 Å². The molecule has 3 spiro atoms. The molecule has 28 heavy (non-hydrogen) atoms. The lowest BCUT2D eigenvalue weighted by atomic mass is 9.37. The van der Waals surface area contributed by atoms with Crippen LogP contribution in [0.2, 0.25) is 0 Å². The van der Waals surface area contributed by atoms with Crippen LogP contribution in [0.15, 0.2) is 0 Å². The van der Waals surface area contributed by atoms with Crippen LogP contribution < -0.4 is 0 Å². The average molecular weight is 391 g/mol. The van der Waals surface area contributed by atoms with E-state index < -0.39 is 17.0 Å². The van der Waals surface area contributed by atoms with Gasteiger partial charge in [-0.2, -0.15) is 0 Å². The van der Waals surface area contributed by atoms with E-state index in [0.717, 1.165) is 25.7 Å². The minimum atomic E-state index is -0.898. The van der Waals surface area contributed by atoms with Crippen molar-refractivity contribution in [1.82, 2.24) is 0 Å². The molecule has 8 atom stereocenters. The highest BCUT2D eigenvalue weighted by molar-refractivity contribution is 5.93. The Balaban J connectivity index is 1.61. The zero-order valence-corrected chi connectivity index (χ0v) is 17.6. The first-order valence-corrected chi connectivity index (χ1v) is 11.3. The smallest absolute Gasteiger partial charge is 0.187 e. The number of carbonyl (C=O) groups is 1. The van der Waals surface area contributed by atoms with Gasteiger partial charge in [0.1, 0.15) is 5.41 Å². The fourth-order valence-electron chi connectivity index (χ4n) is 9.23. The summed E-state index contributed by atoms with van der Waals surface area (Å²) < 4.78 is 19.9. The Labute approximate surface area is 167 Å².